The summed E-state index contributed by atoms with van der Waals surface area (Å²) >= 11 is 0. The monoisotopic (exact) mass is 358 g/mol. The summed E-state index contributed by atoms with van der Waals surface area (Å²) in [6.45, 7) is 6.58. The predicted octanol–water partition coefficient (Wildman–Crippen LogP) is 3.04. The standard InChI is InChI=1S/C22H30O4/c1-12-10-17-15-5-4-13-11-14(23)6-8-21(13,2)16(15)7-9-22(17,3)18(12)19(24)20(25)26/h6,8,11-12,15-18,20,25-26H,4-5,7,9-10H2,1-3H3/t12-,15+,16-,17-,18+,21-,22-/m0/s1. The van der Waals surface area contributed by atoms with Gasteiger partial charge in [0, 0.05) is 11.3 Å². The highest BCUT2D eigenvalue weighted by atomic mass is 16.5. The molecule has 0 aromatic carbocycles. The van der Waals surface area contributed by atoms with Crippen molar-refractivity contribution in [3.8, 4) is 0 Å². The number of fused-ring (bicyclic) bond motifs is 5. The lowest BCUT2D eigenvalue weighted by Gasteiger charge is -2.57. The Hall–Kier alpha value is -1.26. The molecule has 0 heterocycles. The van der Waals surface area contributed by atoms with E-state index in [2.05, 4.69) is 26.8 Å². The van der Waals surface area contributed by atoms with E-state index in [1.165, 1.54) is 5.57 Å². The summed E-state index contributed by atoms with van der Waals surface area (Å²) < 4.78 is 0. The summed E-state index contributed by atoms with van der Waals surface area (Å²) in [5.41, 5.74) is 1.09. The van der Waals surface area contributed by atoms with E-state index >= 15 is 0 Å². The smallest absolute Gasteiger partial charge is 0.213 e. The second-order valence-electron chi connectivity index (χ2n) is 9.61. The Balaban J connectivity index is 1.68. The van der Waals surface area contributed by atoms with E-state index in [1.54, 1.807) is 6.08 Å². The quantitative estimate of drug-likeness (QED) is 0.744. The molecule has 2 N–H and O–H groups in total. The number of Topliss-reactive ketones (excluding diaryl/α,β-unsaturated/α-hetero) is 1. The Morgan fingerprint density at radius 1 is 1.23 bits per heavy atom. The number of aliphatic hydroxyl groups is 2. The average Bonchev–Trinajstić information content (AvgIpc) is 2.85. The maximum absolute atomic E-state index is 12.5. The maximum Gasteiger partial charge on any atom is 0.213 e. The van der Waals surface area contributed by atoms with Gasteiger partial charge in [0.1, 0.15) is 0 Å². The van der Waals surface area contributed by atoms with E-state index < -0.39 is 12.1 Å². The van der Waals surface area contributed by atoms with Gasteiger partial charge in [-0.2, -0.15) is 0 Å². The average molecular weight is 358 g/mol. The van der Waals surface area contributed by atoms with Crippen molar-refractivity contribution in [1.29, 1.82) is 0 Å². The first-order chi connectivity index (χ1) is 12.2. The molecule has 26 heavy (non-hydrogen) atoms. The van der Waals surface area contributed by atoms with Crippen molar-refractivity contribution in [2.45, 2.75) is 59.2 Å². The third-order valence-corrected chi connectivity index (χ3v) is 8.46. The molecular weight excluding hydrogens is 328 g/mol. The Bertz CT molecular complexity index is 705. The molecule has 4 heteroatoms. The predicted molar refractivity (Wildman–Crippen MR) is 97.9 cm³/mol. The van der Waals surface area contributed by atoms with Crippen LogP contribution in [0, 0.1) is 40.4 Å². The van der Waals surface area contributed by atoms with E-state index in [0.717, 1.165) is 32.1 Å². The lowest BCUT2D eigenvalue weighted by atomic mass is 9.47. The SMILES string of the molecule is C[C@H]1C[C@H]2[C@@H]3CCC4=CC(=O)C=C[C@]4(C)[C@H]3CC[C@]2(C)[C@H]1C(=O)C(O)O. The van der Waals surface area contributed by atoms with Gasteiger partial charge in [0.05, 0.1) is 0 Å². The molecule has 3 saturated carbocycles. The van der Waals surface area contributed by atoms with Crippen LogP contribution in [0.2, 0.25) is 0 Å². The third-order valence-electron chi connectivity index (χ3n) is 8.46. The number of carbonyl (C=O) groups is 2. The van der Waals surface area contributed by atoms with Gasteiger partial charge in [-0.05, 0) is 73.3 Å². The van der Waals surface area contributed by atoms with Crippen molar-refractivity contribution in [3.63, 3.8) is 0 Å². The minimum absolute atomic E-state index is 0.0417. The van der Waals surface area contributed by atoms with Crippen molar-refractivity contribution in [3.05, 3.63) is 23.8 Å². The fourth-order valence-corrected chi connectivity index (χ4v) is 7.33. The van der Waals surface area contributed by atoms with Gasteiger partial charge < -0.3 is 10.2 Å². The number of aliphatic hydroxyl groups excluding tert-OH is 1. The van der Waals surface area contributed by atoms with Gasteiger partial charge >= 0.3 is 0 Å². The largest absolute Gasteiger partial charge is 0.362 e. The first-order valence-electron chi connectivity index (χ1n) is 10.0. The van der Waals surface area contributed by atoms with Gasteiger partial charge in [0.25, 0.3) is 0 Å². The first kappa shape index (κ1) is 18.1. The number of ketones is 2. The summed E-state index contributed by atoms with van der Waals surface area (Å²) in [4.78, 5) is 24.4. The Labute approximate surface area is 155 Å². The molecule has 4 nitrogen and oxygen atoms in total. The Morgan fingerprint density at radius 2 is 1.96 bits per heavy atom. The second-order valence-corrected chi connectivity index (χ2v) is 9.61. The van der Waals surface area contributed by atoms with Crippen LogP contribution in [0.3, 0.4) is 0 Å². The van der Waals surface area contributed by atoms with Crippen LogP contribution in [-0.4, -0.2) is 28.1 Å². The van der Waals surface area contributed by atoms with Crippen LogP contribution in [0.1, 0.15) is 52.9 Å². The van der Waals surface area contributed by atoms with Crippen LogP contribution < -0.4 is 0 Å². The van der Waals surface area contributed by atoms with E-state index in [-0.39, 0.29) is 28.4 Å². The maximum atomic E-state index is 12.5. The van der Waals surface area contributed by atoms with Gasteiger partial charge in [-0.3, -0.25) is 9.59 Å². The van der Waals surface area contributed by atoms with Crippen molar-refractivity contribution >= 4 is 11.6 Å². The van der Waals surface area contributed by atoms with E-state index in [9.17, 15) is 19.8 Å². The number of rotatable bonds is 2. The number of hydrogen-bond acceptors (Lipinski definition) is 4. The molecule has 4 rings (SSSR count). The molecule has 0 aromatic rings. The molecule has 0 unspecified atom stereocenters. The first-order valence-corrected chi connectivity index (χ1v) is 10.0. The normalized spacial score (nSPS) is 47.2. The molecule has 4 aliphatic rings. The summed E-state index contributed by atoms with van der Waals surface area (Å²) in [6.07, 6.45) is 8.82. The van der Waals surface area contributed by atoms with Crippen LogP contribution in [0.4, 0.5) is 0 Å². The van der Waals surface area contributed by atoms with Crippen molar-refractivity contribution in [1.82, 2.24) is 0 Å². The van der Waals surface area contributed by atoms with Crippen LogP contribution in [-0.2, 0) is 9.59 Å². The van der Waals surface area contributed by atoms with E-state index in [4.69, 9.17) is 0 Å². The van der Waals surface area contributed by atoms with Gasteiger partial charge in [-0.15, -0.1) is 0 Å². The molecule has 142 valence electrons. The molecule has 4 aliphatic carbocycles. The fraction of sp³-hybridized carbons (Fsp3) is 0.727. The second kappa shape index (κ2) is 5.87. The van der Waals surface area contributed by atoms with Crippen LogP contribution in [0.25, 0.3) is 0 Å². The summed E-state index contributed by atoms with van der Waals surface area (Å²) in [6, 6.07) is 0. The third kappa shape index (κ3) is 2.34. The zero-order chi connectivity index (χ0) is 18.9. The molecule has 0 aromatic heterocycles. The lowest BCUT2D eigenvalue weighted by molar-refractivity contribution is -0.157. The molecule has 3 fully saturated rings. The van der Waals surface area contributed by atoms with Crippen LogP contribution in [0.5, 0.6) is 0 Å². The van der Waals surface area contributed by atoms with E-state index in [0.29, 0.717) is 17.8 Å². The van der Waals surface area contributed by atoms with Gasteiger partial charge in [0.2, 0.25) is 6.29 Å². The van der Waals surface area contributed by atoms with Gasteiger partial charge in [-0.1, -0.05) is 32.4 Å². The molecule has 7 atom stereocenters. The highest BCUT2D eigenvalue weighted by molar-refractivity contribution is 6.01. The molecule has 0 aliphatic heterocycles. The zero-order valence-corrected chi connectivity index (χ0v) is 15.9. The summed E-state index contributed by atoms with van der Waals surface area (Å²) in [5.74, 6) is 1.11. The highest BCUT2D eigenvalue weighted by Gasteiger charge is 2.62. The summed E-state index contributed by atoms with van der Waals surface area (Å²) in [5, 5.41) is 19.0. The van der Waals surface area contributed by atoms with Gasteiger partial charge in [-0.25, -0.2) is 0 Å². The number of allylic oxidation sites excluding steroid dienone is 4. The minimum Gasteiger partial charge on any atom is -0.362 e. The Morgan fingerprint density at radius 3 is 2.65 bits per heavy atom. The number of hydrogen-bond donors (Lipinski definition) is 2. The van der Waals surface area contributed by atoms with Crippen molar-refractivity contribution in [2.75, 3.05) is 0 Å². The minimum atomic E-state index is -1.86. The van der Waals surface area contributed by atoms with Crippen molar-refractivity contribution in [2.24, 2.45) is 40.4 Å². The topological polar surface area (TPSA) is 74.6 Å². The number of carbonyl (C=O) groups excluding carboxylic acids is 2. The van der Waals surface area contributed by atoms with Crippen molar-refractivity contribution < 1.29 is 19.8 Å². The molecule has 0 amide bonds. The fourth-order valence-electron chi connectivity index (χ4n) is 7.33. The summed E-state index contributed by atoms with van der Waals surface area (Å²) in [7, 11) is 0. The molecule has 0 bridgehead atoms. The molecule has 0 spiro atoms. The molecule has 0 radical (unpaired) electrons. The highest BCUT2D eigenvalue weighted by Crippen LogP contribution is 2.67. The lowest BCUT2D eigenvalue weighted by Crippen LogP contribution is -2.51. The van der Waals surface area contributed by atoms with Gasteiger partial charge in [0.15, 0.2) is 11.6 Å². The Kier molecular flexibility index (Phi) is 4.09. The van der Waals surface area contributed by atoms with Crippen LogP contribution >= 0.6 is 0 Å². The zero-order valence-electron chi connectivity index (χ0n) is 15.9. The van der Waals surface area contributed by atoms with E-state index in [1.807, 2.05) is 6.08 Å². The molecular formula is C22H30O4. The van der Waals surface area contributed by atoms with Crippen LogP contribution in [0.15, 0.2) is 23.8 Å². The molecule has 0 saturated heterocycles.